The maximum Gasteiger partial charge on any atom is 0.338 e. The molecule has 18 heavy (non-hydrogen) atoms. The van der Waals surface area contributed by atoms with Crippen LogP contribution in [0.5, 0.6) is 0 Å². The molecule has 0 spiro atoms. The second kappa shape index (κ2) is 5.56. The van der Waals surface area contributed by atoms with E-state index in [0.29, 0.717) is 0 Å². The minimum atomic E-state index is -1.60. The molecule has 0 aliphatic carbocycles. The number of carboxylic acids is 2. The number of aliphatic hydroxyl groups is 2. The molecule has 0 aromatic heterocycles. The molecule has 98 valence electrons. The molecule has 1 rings (SSSR count). The van der Waals surface area contributed by atoms with Gasteiger partial charge in [0.2, 0.25) is 0 Å². The summed E-state index contributed by atoms with van der Waals surface area (Å²) < 4.78 is 13.3. The van der Waals surface area contributed by atoms with Crippen LogP contribution < -0.4 is 0 Å². The van der Waals surface area contributed by atoms with Crippen LogP contribution in [0.4, 0.5) is 4.39 Å². The van der Waals surface area contributed by atoms with Crippen LogP contribution in [0.25, 0.3) is 0 Å². The maximum atomic E-state index is 13.3. The topological polar surface area (TPSA) is 115 Å². The smallest absolute Gasteiger partial charge is 0.338 e. The second-order valence-electron chi connectivity index (χ2n) is 3.65. The van der Waals surface area contributed by atoms with Gasteiger partial charge in [0.1, 0.15) is 11.9 Å². The van der Waals surface area contributed by atoms with Crippen LogP contribution in [-0.4, -0.2) is 38.5 Å². The van der Waals surface area contributed by atoms with Crippen molar-refractivity contribution in [1.29, 1.82) is 0 Å². The van der Waals surface area contributed by atoms with E-state index in [-0.39, 0.29) is 5.56 Å². The minimum Gasteiger partial charge on any atom is -0.481 e. The van der Waals surface area contributed by atoms with Gasteiger partial charge in [0.25, 0.3) is 0 Å². The molecular weight excluding hydrogens is 247 g/mol. The fourth-order valence-electron chi connectivity index (χ4n) is 1.40. The van der Waals surface area contributed by atoms with E-state index in [2.05, 4.69) is 0 Å². The lowest BCUT2D eigenvalue weighted by Crippen LogP contribution is -2.22. The Labute approximate surface area is 101 Å². The van der Waals surface area contributed by atoms with Crippen LogP contribution in [0.2, 0.25) is 0 Å². The molecule has 0 aliphatic heterocycles. The Kier molecular flexibility index (Phi) is 4.35. The average molecular weight is 258 g/mol. The highest BCUT2D eigenvalue weighted by molar-refractivity contribution is 5.87. The van der Waals surface area contributed by atoms with Crippen molar-refractivity contribution >= 4 is 11.9 Å². The summed E-state index contributed by atoms with van der Waals surface area (Å²) in [6.45, 7) is 0. The Morgan fingerprint density at radius 2 is 1.83 bits per heavy atom. The molecule has 0 heterocycles. The summed E-state index contributed by atoms with van der Waals surface area (Å²) in [5, 5.41) is 35.9. The zero-order valence-corrected chi connectivity index (χ0v) is 9.08. The van der Waals surface area contributed by atoms with E-state index in [1.54, 1.807) is 0 Å². The van der Waals surface area contributed by atoms with Gasteiger partial charge in [-0.2, -0.15) is 0 Å². The molecule has 0 saturated carbocycles. The molecule has 4 N–H and O–H groups in total. The lowest BCUT2D eigenvalue weighted by molar-refractivity contribution is -0.141. The normalized spacial score (nSPS) is 13.9. The van der Waals surface area contributed by atoms with E-state index >= 15 is 0 Å². The van der Waals surface area contributed by atoms with Gasteiger partial charge in [0.05, 0.1) is 18.1 Å². The largest absolute Gasteiger partial charge is 0.481 e. The van der Waals surface area contributed by atoms with Gasteiger partial charge in [-0.05, 0) is 17.7 Å². The third-order valence-electron chi connectivity index (χ3n) is 2.31. The number of aromatic carboxylic acids is 1. The number of carbonyl (C=O) groups is 2. The molecule has 6 nitrogen and oxygen atoms in total. The lowest BCUT2D eigenvalue weighted by atomic mass is 10.0. The molecule has 0 aliphatic rings. The number of rotatable bonds is 5. The number of halogens is 1. The third kappa shape index (κ3) is 3.25. The quantitative estimate of drug-likeness (QED) is 0.607. The highest BCUT2D eigenvalue weighted by Crippen LogP contribution is 2.21. The van der Waals surface area contributed by atoms with Crippen molar-refractivity contribution in [3.05, 3.63) is 35.1 Å². The van der Waals surface area contributed by atoms with Gasteiger partial charge >= 0.3 is 11.9 Å². The van der Waals surface area contributed by atoms with Gasteiger partial charge in [-0.25, -0.2) is 9.18 Å². The first-order valence-corrected chi connectivity index (χ1v) is 4.93. The van der Waals surface area contributed by atoms with Crippen molar-refractivity contribution < 1.29 is 34.4 Å². The van der Waals surface area contributed by atoms with E-state index in [0.717, 1.165) is 18.2 Å². The van der Waals surface area contributed by atoms with E-state index in [9.17, 15) is 24.2 Å². The van der Waals surface area contributed by atoms with E-state index in [1.807, 2.05) is 0 Å². The van der Waals surface area contributed by atoms with E-state index in [1.165, 1.54) is 0 Å². The van der Waals surface area contributed by atoms with Gasteiger partial charge in [-0.15, -0.1) is 0 Å². The zero-order valence-electron chi connectivity index (χ0n) is 9.08. The van der Waals surface area contributed by atoms with Crippen LogP contribution in [0.1, 0.15) is 28.4 Å². The van der Waals surface area contributed by atoms with Crippen molar-refractivity contribution in [2.24, 2.45) is 0 Å². The average Bonchev–Trinajstić information content (AvgIpc) is 2.26. The maximum absolute atomic E-state index is 13.3. The summed E-state index contributed by atoms with van der Waals surface area (Å²) in [5.74, 6) is -3.84. The Morgan fingerprint density at radius 3 is 2.28 bits per heavy atom. The van der Waals surface area contributed by atoms with Crippen LogP contribution >= 0.6 is 0 Å². The number of carboxylic acid groups (broad SMARTS) is 2. The van der Waals surface area contributed by atoms with Crippen molar-refractivity contribution in [3.63, 3.8) is 0 Å². The molecular formula is C11H11FO6. The highest BCUT2D eigenvalue weighted by Gasteiger charge is 2.22. The molecule has 1 aromatic rings. The summed E-state index contributed by atoms with van der Waals surface area (Å²) in [5.41, 5.74) is -0.662. The van der Waals surface area contributed by atoms with Crippen molar-refractivity contribution in [2.75, 3.05) is 0 Å². The predicted octanol–water partition coefficient (Wildman–Crippen LogP) is 0.393. The zero-order chi connectivity index (χ0) is 13.9. The first kappa shape index (κ1) is 14.1. The second-order valence-corrected chi connectivity index (χ2v) is 3.65. The Balaban J connectivity index is 2.93. The monoisotopic (exact) mass is 258 g/mol. The Hall–Kier alpha value is -1.99. The van der Waals surface area contributed by atoms with Crippen LogP contribution in [0.15, 0.2) is 18.2 Å². The molecule has 2 atom stereocenters. The molecule has 1 aromatic carbocycles. The van der Waals surface area contributed by atoms with Crippen LogP contribution in [-0.2, 0) is 4.79 Å². The number of hydrogen-bond donors (Lipinski definition) is 4. The molecule has 0 bridgehead atoms. The molecule has 0 saturated heterocycles. The fourth-order valence-corrected chi connectivity index (χ4v) is 1.40. The molecule has 0 radical (unpaired) electrons. The van der Waals surface area contributed by atoms with E-state index in [4.69, 9.17) is 10.2 Å². The molecule has 2 unspecified atom stereocenters. The van der Waals surface area contributed by atoms with Crippen molar-refractivity contribution in [2.45, 2.75) is 18.6 Å². The number of aliphatic carboxylic acids is 1. The Morgan fingerprint density at radius 1 is 1.22 bits per heavy atom. The van der Waals surface area contributed by atoms with Crippen molar-refractivity contribution in [3.8, 4) is 0 Å². The number of aliphatic hydroxyl groups excluding tert-OH is 2. The van der Waals surface area contributed by atoms with Crippen LogP contribution in [0.3, 0.4) is 0 Å². The Bertz CT molecular complexity index is 473. The highest BCUT2D eigenvalue weighted by atomic mass is 19.1. The SMILES string of the molecule is O=C(O)CC(O)C(O)c1ccc(C(=O)O)c(F)c1. The van der Waals surface area contributed by atoms with E-state index < -0.39 is 41.9 Å². The molecule has 0 fully saturated rings. The summed E-state index contributed by atoms with van der Waals surface area (Å²) in [6.07, 6.45) is -3.90. The summed E-state index contributed by atoms with van der Waals surface area (Å²) in [7, 11) is 0. The first-order chi connectivity index (χ1) is 8.32. The lowest BCUT2D eigenvalue weighted by Gasteiger charge is -2.16. The van der Waals surface area contributed by atoms with Gasteiger partial charge < -0.3 is 20.4 Å². The standard InChI is InChI=1S/C11H11FO6/c12-7-3-5(1-2-6(7)11(17)18)10(16)8(13)4-9(14)15/h1-3,8,10,13,16H,4H2,(H,14,15)(H,17,18). The summed E-state index contributed by atoms with van der Waals surface area (Å²) in [4.78, 5) is 20.9. The van der Waals surface area contributed by atoms with Gasteiger partial charge in [0.15, 0.2) is 0 Å². The number of benzene rings is 1. The fraction of sp³-hybridized carbons (Fsp3) is 0.273. The van der Waals surface area contributed by atoms with Crippen molar-refractivity contribution in [1.82, 2.24) is 0 Å². The predicted molar refractivity (Wildman–Crippen MR) is 56.6 cm³/mol. The molecule has 0 amide bonds. The van der Waals surface area contributed by atoms with Gasteiger partial charge in [0, 0.05) is 0 Å². The number of hydrogen-bond acceptors (Lipinski definition) is 4. The minimum absolute atomic E-state index is 0.0914. The first-order valence-electron chi connectivity index (χ1n) is 4.93. The summed E-state index contributed by atoms with van der Waals surface area (Å²) in [6, 6.07) is 2.80. The molecule has 7 heteroatoms. The third-order valence-corrected chi connectivity index (χ3v) is 2.31. The van der Waals surface area contributed by atoms with Gasteiger partial charge in [-0.3, -0.25) is 4.79 Å². The van der Waals surface area contributed by atoms with Crippen LogP contribution in [0, 0.1) is 5.82 Å². The summed E-state index contributed by atoms with van der Waals surface area (Å²) >= 11 is 0. The van der Waals surface area contributed by atoms with Gasteiger partial charge in [-0.1, -0.05) is 6.07 Å².